The number of nitro groups is 1. The highest BCUT2D eigenvalue weighted by Crippen LogP contribution is 2.19. The van der Waals surface area contributed by atoms with Gasteiger partial charge in [-0.05, 0) is 13.0 Å². The van der Waals surface area contributed by atoms with Gasteiger partial charge in [0.2, 0.25) is 5.82 Å². The Kier molecular flexibility index (Phi) is 2.13. The topological polar surface area (TPSA) is 86.7 Å². The Bertz CT molecular complexity index is 494. The molecule has 2 heterocycles. The molecule has 0 amide bonds. The molecule has 2 aromatic rings. The molecule has 7 heteroatoms. The molecule has 0 saturated heterocycles. The van der Waals surface area contributed by atoms with E-state index in [0.717, 1.165) is 0 Å². The van der Waals surface area contributed by atoms with Crippen LogP contribution in [0.25, 0.3) is 5.82 Å². The van der Waals surface area contributed by atoms with E-state index in [9.17, 15) is 10.1 Å². The predicted molar refractivity (Wildman–Crippen MR) is 50.5 cm³/mol. The van der Waals surface area contributed by atoms with Crippen LogP contribution in [-0.2, 0) is 0 Å². The van der Waals surface area contributed by atoms with Crippen LogP contribution in [0.4, 0.5) is 5.69 Å². The predicted octanol–water partition coefficient (Wildman–Crippen LogP) is 0.879. The highest BCUT2D eigenvalue weighted by Gasteiger charge is 2.17. The molecule has 2 aromatic heterocycles. The van der Waals surface area contributed by atoms with Crippen LogP contribution in [0.3, 0.4) is 0 Å². The first-order chi connectivity index (χ1) is 7.18. The molecule has 0 saturated carbocycles. The monoisotopic (exact) mass is 205 g/mol. The Labute approximate surface area is 84.6 Å². The Morgan fingerprint density at radius 2 is 2.27 bits per heavy atom. The summed E-state index contributed by atoms with van der Waals surface area (Å²) in [4.78, 5) is 18.0. The summed E-state index contributed by atoms with van der Waals surface area (Å²) in [6, 6.07) is 2.98. The molecule has 7 nitrogen and oxygen atoms in total. The first-order valence-electron chi connectivity index (χ1n) is 4.15. The summed E-state index contributed by atoms with van der Waals surface area (Å²) in [5.41, 5.74) is 0.595. The van der Waals surface area contributed by atoms with Gasteiger partial charge in [-0.1, -0.05) is 0 Å². The third kappa shape index (κ3) is 1.66. The molecule has 2 rings (SSSR count). The molecule has 0 aromatic carbocycles. The van der Waals surface area contributed by atoms with Gasteiger partial charge in [0.1, 0.15) is 12.7 Å². The quantitative estimate of drug-likeness (QED) is 0.536. The number of pyridine rings is 1. The Morgan fingerprint density at radius 3 is 2.87 bits per heavy atom. The van der Waals surface area contributed by atoms with Crippen molar-refractivity contribution in [2.45, 2.75) is 6.92 Å². The largest absolute Gasteiger partial charge is 0.313 e. The van der Waals surface area contributed by atoms with Crippen LogP contribution in [0.15, 0.2) is 24.8 Å². The molecule has 0 fully saturated rings. The van der Waals surface area contributed by atoms with E-state index in [-0.39, 0.29) is 11.5 Å². The van der Waals surface area contributed by atoms with E-state index in [0.29, 0.717) is 5.69 Å². The van der Waals surface area contributed by atoms with Crippen molar-refractivity contribution in [2.24, 2.45) is 0 Å². The van der Waals surface area contributed by atoms with Gasteiger partial charge in [-0.2, -0.15) is 9.78 Å². The maximum absolute atomic E-state index is 10.7. The van der Waals surface area contributed by atoms with Crippen molar-refractivity contribution in [3.63, 3.8) is 0 Å². The highest BCUT2D eigenvalue weighted by atomic mass is 16.6. The van der Waals surface area contributed by atoms with Crippen LogP contribution in [0.1, 0.15) is 5.69 Å². The SMILES string of the molecule is Cc1ccc([N+](=O)[O-])c(-n2cncn2)n1. The molecule has 0 N–H and O–H groups in total. The second-order valence-corrected chi connectivity index (χ2v) is 2.89. The van der Waals surface area contributed by atoms with Crippen molar-refractivity contribution in [1.82, 2.24) is 19.7 Å². The minimum Gasteiger partial charge on any atom is -0.258 e. The highest BCUT2D eigenvalue weighted by molar-refractivity contribution is 5.46. The van der Waals surface area contributed by atoms with Crippen LogP contribution in [0, 0.1) is 17.0 Å². The summed E-state index contributed by atoms with van der Waals surface area (Å²) in [7, 11) is 0. The summed E-state index contributed by atoms with van der Waals surface area (Å²) >= 11 is 0. The van der Waals surface area contributed by atoms with Gasteiger partial charge in [-0.15, -0.1) is 0 Å². The van der Waals surface area contributed by atoms with Crippen LogP contribution >= 0.6 is 0 Å². The molecular weight excluding hydrogens is 198 g/mol. The lowest BCUT2D eigenvalue weighted by atomic mass is 10.3. The maximum atomic E-state index is 10.7. The van der Waals surface area contributed by atoms with Crippen LogP contribution in [-0.4, -0.2) is 24.7 Å². The first kappa shape index (κ1) is 9.25. The number of hydrogen-bond donors (Lipinski definition) is 0. The maximum Gasteiger partial charge on any atom is 0.313 e. The molecule has 0 aliphatic rings. The fourth-order valence-corrected chi connectivity index (χ4v) is 1.16. The van der Waals surface area contributed by atoms with Gasteiger partial charge in [0.25, 0.3) is 0 Å². The van der Waals surface area contributed by atoms with Crippen molar-refractivity contribution in [2.75, 3.05) is 0 Å². The number of aryl methyl sites for hydroxylation is 1. The van der Waals surface area contributed by atoms with Crippen LogP contribution in [0.2, 0.25) is 0 Å². The molecular formula is C8H7N5O2. The summed E-state index contributed by atoms with van der Waals surface area (Å²) in [6.45, 7) is 1.75. The Balaban J connectivity index is 2.63. The smallest absolute Gasteiger partial charge is 0.258 e. The molecule has 76 valence electrons. The van der Waals surface area contributed by atoms with E-state index in [4.69, 9.17) is 0 Å². The average Bonchev–Trinajstić information content (AvgIpc) is 2.69. The molecule has 0 unspecified atom stereocenters. The second-order valence-electron chi connectivity index (χ2n) is 2.89. The zero-order chi connectivity index (χ0) is 10.8. The van der Waals surface area contributed by atoms with Crippen molar-refractivity contribution in [3.8, 4) is 5.82 Å². The van der Waals surface area contributed by atoms with Crippen molar-refractivity contribution < 1.29 is 4.92 Å². The Morgan fingerprint density at radius 1 is 1.47 bits per heavy atom. The van der Waals surface area contributed by atoms with E-state index in [1.165, 1.54) is 23.4 Å². The average molecular weight is 205 g/mol. The second kappa shape index (κ2) is 3.45. The molecule has 0 atom stereocenters. The molecule has 0 aliphatic carbocycles. The molecule has 15 heavy (non-hydrogen) atoms. The summed E-state index contributed by atoms with van der Waals surface area (Å²) in [5, 5.41) is 14.5. The van der Waals surface area contributed by atoms with E-state index in [2.05, 4.69) is 15.1 Å². The third-order valence-corrected chi connectivity index (χ3v) is 1.83. The van der Waals surface area contributed by atoms with Gasteiger partial charge in [-0.25, -0.2) is 9.97 Å². The van der Waals surface area contributed by atoms with Gasteiger partial charge in [0, 0.05) is 11.8 Å². The first-order valence-corrected chi connectivity index (χ1v) is 4.15. The summed E-state index contributed by atoms with van der Waals surface area (Å²) in [6.07, 6.45) is 2.67. The van der Waals surface area contributed by atoms with Crippen molar-refractivity contribution >= 4 is 5.69 Å². The van der Waals surface area contributed by atoms with Crippen molar-refractivity contribution in [3.05, 3.63) is 40.6 Å². The minimum absolute atomic E-state index is 0.0916. The van der Waals surface area contributed by atoms with Gasteiger partial charge >= 0.3 is 5.69 Å². The van der Waals surface area contributed by atoms with Gasteiger partial charge < -0.3 is 0 Å². The van der Waals surface area contributed by atoms with Gasteiger partial charge in [0.05, 0.1) is 4.92 Å². The fourth-order valence-electron chi connectivity index (χ4n) is 1.16. The zero-order valence-electron chi connectivity index (χ0n) is 7.86. The van der Waals surface area contributed by atoms with Crippen LogP contribution in [0.5, 0.6) is 0 Å². The minimum atomic E-state index is -0.497. The van der Waals surface area contributed by atoms with E-state index < -0.39 is 4.92 Å². The zero-order valence-corrected chi connectivity index (χ0v) is 7.86. The molecule has 0 aliphatic heterocycles. The van der Waals surface area contributed by atoms with E-state index >= 15 is 0 Å². The third-order valence-electron chi connectivity index (χ3n) is 1.83. The van der Waals surface area contributed by atoms with Crippen LogP contribution < -0.4 is 0 Å². The summed E-state index contributed by atoms with van der Waals surface area (Å²) in [5.74, 6) is 0.178. The lowest BCUT2D eigenvalue weighted by molar-refractivity contribution is -0.385. The normalized spacial score (nSPS) is 10.2. The number of aromatic nitrogens is 4. The van der Waals surface area contributed by atoms with Gasteiger partial charge in [-0.3, -0.25) is 10.1 Å². The fraction of sp³-hybridized carbons (Fsp3) is 0.125. The van der Waals surface area contributed by atoms with Gasteiger partial charge in [0.15, 0.2) is 0 Å². The number of hydrogen-bond acceptors (Lipinski definition) is 5. The molecule has 0 spiro atoms. The molecule has 0 bridgehead atoms. The number of rotatable bonds is 2. The standard InChI is InChI=1S/C8H7N5O2/c1-6-2-3-7(13(14)15)8(11-6)12-5-9-4-10-12/h2-5H,1H3. The summed E-state index contributed by atoms with van der Waals surface area (Å²) < 4.78 is 1.27. The number of nitrogens with zero attached hydrogens (tertiary/aromatic N) is 5. The lowest BCUT2D eigenvalue weighted by Gasteiger charge is -2.01. The Hall–Kier alpha value is -2.31. The lowest BCUT2D eigenvalue weighted by Crippen LogP contribution is -2.04. The molecule has 0 radical (unpaired) electrons. The van der Waals surface area contributed by atoms with Crippen molar-refractivity contribution in [1.29, 1.82) is 0 Å². The van der Waals surface area contributed by atoms with E-state index in [1.54, 1.807) is 13.0 Å². The van der Waals surface area contributed by atoms with E-state index in [1.807, 2.05) is 0 Å².